The zero-order valence-corrected chi connectivity index (χ0v) is 26.1. The summed E-state index contributed by atoms with van der Waals surface area (Å²) >= 11 is 1.84. The van der Waals surface area contributed by atoms with Crippen LogP contribution in [0.3, 0.4) is 0 Å². The molecule has 2 fully saturated rings. The van der Waals surface area contributed by atoms with Gasteiger partial charge in [-0.1, -0.05) is 25.7 Å². The van der Waals surface area contributed by atoms with Crippen LogP contribution in [-0.2, 0) is 32.0 Å². The molecule has 0 unspecified atom stereocenters. The molecule has 0 spiro atoms. The Morgan fingerprint density at radius 2 is 1.77 bits per heavy atom. The smallest absolute Gasteiger partial charge is 0.307 e. The highest BCUT2D eigenvalue weighted by Crippen LogP contribution is 2.46. The predicted octanol–water partition coefficient (Wildman–Crippen LogP) is 2.44. The first kappa shape index (κ1) is 31.2. The van der Waals surface area contributed by atoms with Crippen molar-refractivity contribution in [2.24, 2.45) is 11.8 Å². The maximum atomic E-state index is 12.5. The summed E-state index contributed by atoms with van der Waals surface area (Å²) in [6, 6.07) is -0.230. The van der Waals surface area contributed by atoms with E-state index in [1.165, 1.54) is 0 Å². The molecule has 10 nitrogen and oxygen atoms in total. The Kier molecular flexibility index (Phi) is 8.78. The lowest BCUT2D eigenvalue weighted by Crippen LogP contribution is -2.30. The number of hydrogen-bond acceptors (Lipinski definition) is 5. The molecule has 5 heterocycles. The van der Waals surface area contributed by atoms with Crippen molar-refractivity contribution in [1.82, 2.24) is 20.6 Å². The van der Waals surface area contributed by atoms with E-state index in [-0.39, 0.29) is 42.5 Å². The van der Waals surface area contributed by atoms with Crippen molar-refractivity contribution in [2.75, 3.05) is 5.75 Å². The van der Waals surface area contributed by atoms with Gasteiger partial charge in [0.25, 0.3) is 5.91 Å². The van der Waals surface area contributed by atoms with E-state index >= 15 is 0 Å². The van der Waals surface area contributed by atoms with Crippen molar-refractivity contribution < 1.29 is 29.4 Å². The minimum absolute atomic E-state index is 0.00703. The van der Waals surface area contributed by atoms with Gasteiger partial charge in [0.05, 0.1) is 12.5 Å². The average molecular weight is 619 g/mol. The molecular weight excluding hydrogens is 580 g/mol. The Balaban J connectivity index is 1.61. The summed E-state index contributed by atoms with van der Waals surface area (Å²) in [5.41, 5.74) is 7.29. The first-order valence-electron chi connectivity index (χ1n) is 14.7. The largest absolute Gasteiger partial charge is 0.481 e. The summed E-state index contributed by atoms with van der Waals surface area (Å²) in [5.74, 6) is -1.02. The molecule has 0 radical (unpaired) electrons. The number of aliphatic carboxylic acids is 2. The fraction of sp³-hybridized carbons (Fsp3) is 0.394. The minimum Gasteiger partial charge on any atom is -0.481 e. The Labute approximate surface area is 259 Å². The van der Waals surface area contributed by atoms with Crippen LogP contribution in [0.1, 0.15) is 60.5 Å². The molecule has 0 saturated carbocycles. The minimum atomic E-state index is -0.960. The van der Waals surface area contributed by atoms with Crippen LogP contribution >= 0.6 is 11.8 Å². The number of carboxylic acid groups (broad SMARTS) is 2. The summed E-state index contributed by atoms with van der Waals surface area (Å²) in [4.78, 5) is 54.9. The summed E-state index contributed by atoms with van der Waals surface area (Å²) in [7, 11) is 0. The number of nitrogens with one attached hydrogen (secondary N) is 4. The second kappa shape index (κ2) is 12.4. The van der Waals surface area contributed by atoms with Gasteiger partial charge in [0.1, 0.15) is 0 Å². The highest BCUT2D eigenvalue weighted by atomic mass is 32.2. The van der Waals surface area contributed by atoms with Crippen LogP contribution in [0.25, 0.3) is 18.2 Å². The van der Waals surface area contributed by atoms with E-state index < -0.39 is 11.9 Å². The lowest BCUT2D eigenvalue weighted by atomic mass is 9.91. The maximum absolute atomic E-state index is 12.5. The molecule has 11 heteroatoms. The number of amides is 2. The third-order valence-electron chi connectivity index (χ3n) is 8.99. The van der Waals surface area contributed by atoms with E-state index in [0.29, 0.717) is 34.7 Å². The van der Waals surface area contributed by atoms with Gasteiger partial charge in [-0.25, -0.2) is 0 Å². The highest BCUT2D eigenvalue weighted by molar-refractivity contribution is 8.06. The predicted molar refractivity (Wildman–Crippen MR) is 170 cm³/mol. The molecular formula is C33H38N4O6S. The maximum Gasteiger partial charge on any atom is 0.307 e. The first-order valence-corrected chi connectivity index (χ1v) is 15.8. The average Bonchev–Trinajstić information content (AvgIpc) is 3.53. The first-order chi connectivity index (χ1) is 20.9. The molecule has 44 heavy (non-hydrogen) atoms. The third kappa shape index (κ3) is 6.19. The molecule has 0 aliphatic carbocycles. The summed E-state index contributed by atoms with van der Waals surface area (Å²) in [6.45, 7) is 11.5. The molecule has 6 N–H and O–H groups in total. The Morgan fingerprint density at radius 3 is 2.39 bits per heavy atom. The molecule has 2 aromatic rings. The number of carboxylic acids is 2. The van der Waals surface area contributed by atoms with E-state index in [9.17, 15) is 29.4 Å². The highest BCUT2D eigenvalue weighted by Gasteiger charge is 2.45. The van der Waals surface area contributed by atoms with E-state index in [2.05, 4.69) is 27.2 Å². The van der Waals surface area contributed by atoms with Crippen molar-refractivity contribution in [2.45, 2.75) is 64.7 Å². The molecule has 3 aliphatic rings. The lowest BCUT2D eigenvalue weighted by Gasteiger charge is -2.12. The van der Waals surface area contributed by atoms with Gasteiger partial charge >= 0.3 is 11.9 Å². The second-order valence-corrected chi connectivity index (χ2v) is 13.0. The standard InChI is InChI=1S/C33H38N4O6S/c1-6-19-15(2)24(36-33(19)43)11-22-16(3)20(7-9-29(38)39)25(34-22)13-26-21(8-10-30(40)41)17(4)23(35-26)12-27-31(28-14-44-28)18(5)32(42)37-27/h6-7,12-13,18,24,28,31,34-35H,1,8-11,14H2,2-5H3,(H,36,43)(H,37,42)(H,38,39)(H,40,41)/b20-7-,25-13-,27-12-/t18-,24-,28+,31-/m1/s1. The van der Waals surface area contributed by atoms with Crippen LogP contribution < -0.4 is 21.2 Å². The number of hydrogen-bond donors (Lipinski definition) is 6. The fourth-order valence-electron chi connectivity index (χ4n) is 6.32. The van der Waals surface area contributed by atoms with Crippen LogP contribution in [0.2, 0.25) is 0 Å². The molecule has 5 rings (SSSR count). The van der Waals surface area contributed by atoms with E-state index in [4.69, 9.17) is 0 Å². The zero-order valence-electron chi connectivity index (χ0n) is 25.3. The quantitative estimate of drug-likeness (QED) is 0.211. The summed E-state index contributed by atoms with van der Waals surface area (Å²) in [5, 5.41) is 26.8. The van der Waals surface area contributed by atoms with E-state index in [1.54, 1.807) is 12.2 Å². The molecule has 0 aromatic carbocycles. The Morgan fingerprint density at radius 1 is 1.05 bits per heavy atom. The van der Waals surface area contributed by atoms with Gasteiger partial charge in [0.15, 0.2) is 0 Å². The summed E-state index contributed by atoms with van der Waals surface area (Å²) < 4.78 is 0. The van der Waals surface area contributed by atoms with Gasteiger partial charge in [-0.3, -0.25) is 19.2 Å². The van der Waals surface area contributed by atoms with Gasteiger partial charge in [0, 0.05) is 69.4 Å². The van der Waals surface area contributed by atoms with Crippen molar-refractivity contribution in [1.29, 1.82) is 0 Å². The van der Waals surface area contributed by atoms with Gasteiger partial charge in [-0.2, -0.15) is 11.8 Å². The zero-order chi connectivity index (χ0) is 31.9. The lowest BCUT2D eigenvalue weighted by molar-refractivity contribution is -0.137. The van der Waals surface area contributed by atoms with E-state index in [0.717, 1.165) is 50.3 Å². The number of aromatic amines is 2. The molecule has 0 bridgehead atoms. The molecule has 232 valence electrons. The Hall–Kier alpha value is -4.25. The van der Waals surface area contributed by atoms with Gasteiger partial charge in [0.2, 0.25) is 5.91 Å². The molecule has 2 amide bonds. The van der Waals surface area contributed by atoms with Crippen LogP contribution in [0.15, 0.2) is 29.5 Å². The number of thioether (sulfide) groups is 1. The monoisotopic (exact) mass is 618 g/mol. The number of carbonyl (C=O) groups is 4. The normalized spacial score (nSPS) is 24.8. The molecule has 3 aliphatic heterocycles. The van der Waals surface area contributed by atoms with Crippen LogP contribution in [0.5, 0.6) is 0 Å². The number of H-pyrrole nitrogens is 2. The number of allylic oxidation sites excluding steroid dienone is 1. The number of rotatable bonds is 11. The van der Waals surface area contributed by atoms with Gasteiger partial charge in [-0.15, -0.1) is 0 Å². The summed E-state index contributed by atoms with van der Waals surface area (Å²) in [6.07, 6.45) is 7.62. The van der Waals surface area contributed by atoms with E-state index in [1.807, 2.05) is 51.6 Å². The van der Waals surface area contributed by atoms with Crippen LogP contribution in [0.4, 0.5) is 0 Å². The van der Waals surface area contributed by atoms with Crippen molar-refractivity contribution in [3.63, 3.8) is 0 Å². The topological polar surface area (TPSA) is 164 Å². The molecule has 2 saturated heterocycles. The SMILES string of the molecule is C=CC1=C(C)[C@@H](Cc2[nH]c(=C\c3[nH]c(/C=C4\NC(=O)[C@H](C)[C@H]4[C@@H]4CS4)c(C)c3CCC(=O)O)/c(=C\CC(=O)O)c2C)NC1=O. The van der Waals surface area contributed by atoms with Crippen molar-refractivity contribution in [3.8, 4) is 0 Å². The Bertz CT molecular complexity index is 1760. The van der Waals surface area contributed by atoms with Gasteiger partial charge < -0.3 is 30.8 Å². The van der Waals surface area contributed by atoms with Crippen molar-refractivity contribution >= 4 is 53.7 Å². The van der Waals surface area contributed by atoms with Crippen LogP contribution in [-0.4, -0.2) is 61.0 Å². The number of aromatic nitrogens is 2. The molecule has 4 atom stereocenters. The van der Waals surface area contributed by atoms with Gasteiger partial charge in [-0.05, 0) is 66.8 Å². The second-order valence-electron chi connectivity index (χ2n) is 11.8. The number of carbonyl (C=O) groups excluding carboxylic acids is 2. The fourth-order valence-corrected chi connectivity index (χ4v) is 7.23. The van der Waals surface area contributed by atoms with Crippen LogP contribution in [0, 0.1) is 25.7 Å². The van der Waals surface area contributed by atoms with Crippen molar-refractivity contribution in [3.05, 3.63) is 73.8 Å². The third-order valence-corrected chi connectivity index (χ3v) is 10.0. The molecule has 2 aromatic heterocycles.